The number of nitrogens with zero attached hydrogens (tertiary/aromatic N) is 1. The predicted molar refractivity (Wildman–Crippen MR) is 83.0 cm³/mol. The lowest BCUT2D eigenvalue weighted by atomic mass is 9.96. The van der Waals surface area contributed by atoms with E-state index in [0.29, 0.717) is 24.3 Å². The summed E-state index contributed by atoms with van der Waals surface area (Å²) in [5, 5.41) is 0. The van der Waals surface area contributed by atoms with E-state index in [0.717, 1.165) is 25.1 Å². The molecule has 2 unspecified atom stereocenters. The fraction of sp³-hybridized carbons (Fsp3) is 0.611. The van der Waals surface area contributed by atoms with E-state index in [-0.39, 0.29) is 5.91 Å². The number of likely N-dealkylation sites (tertiary alicyclic amines) is 1. The van der Waals surface area contributed by atoms with Gasteiger partial charge in [0.2, 0.25) is 6.10 Å². The minimum Gasteiger partial charge on any atom is -0.485 e. The molecule has 1 aromatic carbocycles. The largest absolute Gasteiger partial charge is 0.485 e. The van der Waals surface area contributed by atoms with Gasteiger partial charge in [-0.2, -0.15) is 0 Å². The molecule has 0 radical (unpaired) electrons. The van der Waals surface area contributed by atoms with Crippen molar-refractivity contribution in [1.29, 1.82) is 0 Å². The van der Waals surface area contributed by atoms with Crippen molar-refractivity contribution in [2.75, 3.05) is 13.2 Å². The lowest BCUT2D eigenvalue weighted by molar-refractivity contribution is -0.143. The van der Waals surface area contributed by atoms with Crippen LogP contribution in [0.2, 0.25) is 0 Å². The summed E-state index contributed by atoms with van der Waals surface area (Å²) >= 11 is 0. The zero-order valence-corrected chi connectivity index (χ0v) is 12.9. The van der Waals surface area contributed by atoms with Crippen LogP contribution in [0.3, 0.4) is 0 Å². The van der Waals surface area contributed by atoms with Gasteiger partial charge in [0.05, 0.1) is 0 Å². The third-order valence-electron chi connectivity index (χ3n) is 5.31. The molecule has 0 aromatic heterocycles. The quantitative estimate of drug-likeness (QED) is 0.843. The van der Waals surface area contributed by atoms with Crippen molar-refractivity contribution in [3.8, 4) is 11.5 Å². The number of ether oxygens (including phenoxy) is 2. The summed E-state index contributed by atoms with van der Waals surface area (Å²) in [5.74, 6) is 2.23. The first-order valence-electron chi connectivity index (χ1n) is 8.52. The van der Waals surface area contributed by atoms with Crippen LogP contribution >= 0.6 is 0 Å². The molecule has 1 aliphatic carbocycles. The van der Waals surface area contributed by atoms with Gasteiger partial charge in [0.1, 0.15) is 6.61 Å². The van der Waals surface area contributed by atoms with E-state index in [2.05, 4.69) is 4.90 Å². The summed E-state index contributed by atoms with van der Waals surface area (Å²) < 4.78 is 11.6. The van der Waals surface area contributed by atoms with Crippen molar-refractivity contribution in [2.24, 2.45) is 5.92 Å². The Hall–Kier alpha value is -1.71. The maximum Gasteiger partial charge on any atom is 0.267 e. The average molecular weight is 301 g/mol. The highest BCUT2D eigenvalue weighted by molar-refractivity contribution is 5.82. The lowest BCUT2D eigenvalue weighted by Gasteiger charge is -2.34. The third-order valence-corrected chi connectivity index (χ3v) is 5.31. The Labute approximate surface area is 131 Å². The number of hydrogen-bond donors (Lipinski definition) is 0. The molecule has 2 fully saturated rings. The second-order valence-electron chi connectivity index (χ2n) is 6.65. The average Bonchev–Trinajstić information content (AvgIpc) is 3.24. The van der Waals surface area contributed by atoms with Crippen LogP contribution in [0.15, 0.2) is 24.3 Å². The molecule has 1 aromatic rings. The molecular formula is C18H23NO3. The van der Waals surface area contributed by atoms with Gasteiger partial charge in [-0.3, -0.25) is 4.79 Å². The normalized spacial score (nSPS) is 28.1. The summed E-state index contributed by atoms with van der Waals surface area (Å²) in [5.41, 5.74) is 0. The van der Waals surface area contributed by atoms with Gasteiger partial charge >= 0.3 is 0 Å². The van der Waals surface area contributed by atoms with Crippen LogP contribution in [0.1, 0.15) is 38.5 Å². The van der Waals surface area contributed by atoms with E-state index < -0.39 is 6.10 Å². The van der Waals surface area contributed by atoms with E-state index in [4.69, 9.17) is 9.47 Å². The smallest absolute Gasteiger partial charge is 0.267 e. The highest BCUT2D eigenvalue weighted by Gasteiger charge is 2.40. The van der Waals surface area contributed by atoms with Gasteiger partial charge in [-0.25, -0.2) is 0 Å². The number of benzene rings is 1. The SMILES string of the molecule is O=C(C1COc2ccccc2O1)N1CCCC1C1CCCC1. The highest BCUT2D eigenvalue weighted by atomic mass is 16.6. The number of para-hydroxylation sites is 2. The number of hydrogen-bond acceptors (Lipinski definition) is 3. The molecule has 118 valence electrons. The highest BCUT2D eigenvalue weighted by Crippen LogP contribution is 2.37. The molecule has 0 spiro atoms. The Balaban J connectivity index is 1.47. The third kappa shape index (κ3) is 2.44. The van der Waals surface area contributed by atoms with Crippen molar-refractivity contribution in [2.45, 2.75) is 50.7 Å². The van der Waals surface area contributed by atoms with E-state index in [1.807, 2.05) is 24.3 Å². The summed E-state index contributed by atoms with van der Waals surface area (Å²) in [7, 11) is 0. The number of amides is 1. The van der Waals surface area contributed by atoms with Crippen LogP contribution in [0, 0.1) is 5.92 Å². The number of carbonyl (C=O) groups excluding carboxylic acids is 1. The summed E-state index contributed by atoms with van der Waals surface area (Å²) in [4.78, 5) is 15.0. The molecule has 1 saturated carbocycles. The molecule has 4 rings (SSSR count). The van der Waals surface area contributed by atoms with E-state index >= 15 is 0 Å². The van der Waals surface area contributed by atoms with Crippen molar-refractivity contribution < 1.29 is 14.3 Å². The van der Waals surface area contributed by atoms with Crippen LogP contribution in [-0.2, 0) is 4.79 Å². The molecule has 0 bridgehead atoms. The molecule has 4 nitrogen and oxygen atoms in total. The lowest BCUT2D eigenvalue weighted by Crippen LogP contribution is -2.49. The first kappa shape index (κ1) is 13.9. The molecular weight excluding hydrogens is 278 g/mol. The molecule has 1 amide bonds. The Bertz CT molecular complexity index is 553. The fourth-order valence-electron chi connectivity index (χ4n) is 4.22. The van der Waals surface area contributed by atoms with Crippen LogP contribution in [0.4, 0.5) is 0 Å². The van der Waals surface area contributed by atoms with E-state index in [1.54, 1.807) is 0 Å². The Morgan fingerprint density at radius 3 is 2.64 bits per heavy atom. The monoisotopic (exact) mass is 301 g/mol. The maximum atomic E-state index is 12.9. The first-order chi connectivity index (χ1) is 10.8. The molecule has 22 heavy (non-hydrogen) atoms. The Kier molecular flexibility index (Phi) is 3.68. The van der Waals surface area contributed by atoms with Crippen molar-refractivity contribution in [3.05, 3.63) is 24.3 Å². The number of fused-ring (bicyclic) bond motifs is 1. The minimum atomic E-state index is -0.489. The Morgan fingerprint density at radius 2 is 1.82 bits per heavy atom. The van der Waals surface area contributed by atoms with Crippen LogP contribution in [-0.4, -0.2) is 36.1 Å². The Morgan fingerprint density at radius 1 is 1.05 bits per heavy atom. The second kappa shape index (κ2) is 5.82. The maximum absolute atomic E-state index is 12.9. The molecule has 2 heterocycles. The predicted octanol–water partition coefficient (Wildman–Crippen LogP) is 3.01. The van der Waals surface area contributed by atoms with Gasteiger partial charge in [-0.1, -0.05) is 25.0 Å². The summed E-state index contributed by atoms with van der Waals surface area (Å²) in [6.45, 7) is 1.20. The van der Waals surface area contributed by atoms with Crippen LogP contribution in [0.5, 0.6) is 11.5 Å². The summed E-state index contributed by atoms with van der Waals surface area (Å²) in [6.07, 6.45) is 6.98. The zero-order valence-electron chi connectivity index (χ0n) is 12.9. The van der Waals surface area contributed by atoms with Gasteiger partial charge in [-0.05, 0) is 43.7 Å². The first-order valence-corrected chi connectivity index (χ1v) is 8.52. The van der Waals surface area contributed by atoms with E-state index in [9.17, 15) is 4.79 Å². The number of rotatable bonds is 2. The van der Waals surface area contributed by atoms with Crippen molar-refractivity contribution >= 4 is 5.91 Å². The molecule has 1 saturated heterocycles. The van der Waals surface area contributed by atoms with Gasteiger partial charge < -0.3 is 14.4 Å². The molecule has 2 aliphatic heterocycles. The van der Waals surface area contributed by atoms with Crippen LogP contribution < -0.4 is 9.47 Å². The van der Waals surface area contributed by atoms with Gasteiger partial charge in [-0.15, -0.1) is 0 Å². The van der Waals surface area contributed by atoms with E-state index in [1.165, 1.54) is 25.7 Å². The van der Waals surface area contributed by atoms with Gasteiger partial charge in [0.15, 0.2) is 11.5 Å². The molecule has 0 N–H and O–H groups in total. The topological polar surface area (TPSA) is 38.8 Å². The summed E-state index contributed by atoms with van der Waals surface area (Å²) in [6, 6.07) is 8.00. The molecule has 3 aliphatic rings. The molecule has 2 atom stereocenters. The second-order valence-corrected chi connectivity index (χ2v) is 6.65. The van der Waals surface area contributed by atoms with Crippen molar-refractivity contribution in [1.82, 2.24) is 4.90 Å². The van der Waals surface area contributed by atoms with Gasteiger partial charge in [0, 0.05) is 12.6 Å². The fourth-order valence-corrected chi connectivity index (χ4v) is 4.22. The zero-order chi connectivity index (χ0) is 14.9. The van der Waals surface area contributed by atoms with Gasteiger partial charge in [0.25, 0.3) is 5.91 Å². The van der Waals surface area contributed by atoms with Crippen molar-refractivity contribution in [3.63, 3.8) is 0 Å². The number of carbonyl (C=O) groups is 1. The standard InChI is InChI=1S/C18H23NO3/c20-18(17-12-21-15-9-3-4-10-16(15)22-17)19-11-5-8-14(19)13-6-1-2-7-13/h3-4,9-10,13-14,17H,1-2,5-8,11-12H2. The minimum absolute atomic E-state index is 0.115. The molecule has 4 heteroatoms. The van der Waals surface area contributed by atoms with Crippen LogP contribution in [0.25, 0.3) is 0 Å².